The Kier molecular flexibility index (Phi) is 5.25. The van der Waals surface area contributed by atoms with Gasteiger partial charge in [0.2, 0.25) is 0 Å². The summed E-state index contributed by atoms with van der Waals surface area (Å²) in [6.07, 6.45) is 2.26. The summed E-state index contributed by atoms with van der Waals surface area (Å²) in [6, 6.07) is 37.6. The predicted molar refractivity (Wildman–Crippen MR) is 165 cm³/mol. The number of anilines is 6. The Morgan fingerprint density at radius 3 is 1.77 bits per heavy atom. The number of aromatic nitrogens is 1. The van der Waals surface area contributed by atoms with E-state index >= 15 is 0 Å². The second kappa shape index (κ2) is 8.61. The van der Waals surface area contributed by atoms with Gasteiger partial charge in [0, 0.05) is 34.5 Å². The van der Waals surface area contributed by atoms with Gasteiger partial charge in [-0.2, -0.15) is 0 Å². The highest BCUT2D eigenvalue weighted by Gasteiger charge is 2.50. The van der Waals surface area contributed by atoms with Gasteiger partial charge in [-0.3, -0.25) is 0 Å². The summed E-state index contributed by atoms with van der Waals surface area (Å²) >= 11 is 0. The topological polar surface area (TPSA) is 10.4 Å². The van der Waals surface area contributed by atoms with Crippen molar-refractivity contribution in [3.8, 4) is 0 Å². The van der Waals surface area contributed by atoms with Crippen LogP contribution in [0.5, 0.6) is 0 Å². The van der Waals surface area contributed by atoms with E-state index in [1.165, 1.54) is 61.8 Å². The Labute approximate surface area is 232 Å². The first-order valence-corrected chi connectivity index (χ1v) is 13.8. The highest BCUT2D eigenvalue weighted by Crippen LogP contribution is 2.45. The van der Waals surface area contributed by atoms with E-state index < -0.39 is 0 Å². The van der Waals surface area contributed by atoms with Gasteiger partial charge in [0.25, 0.3) is 0 Å². The zero-order chi connectivity index (χ0) is 26.9. The molecule has 1 aromatic heterocycles. The maximum atomic E-state index is 2.51. The monoisotopic (exact) mass is 506 g/mol. The summed E-state index contributed by atoms with van der Waals surface area (Å²) < 4.78 is 2.36. The molecular formula is C35H33BN3+. The van der Waals surface area contributed by atoms with Gasteiger partial charge in [0.15, 0.2) is 11.8 Å². The number of para-hydroxylation sites is 2. The van der Waals surface area contributed by atoms with E-state index in [0.717, 1.165) is 0 Å². The van der Waals surface area contributed by atoms with Gasteiger partial charge in [-0.05, 0) is 71.3 Å². The van der Waals surface area contributed by atoms with Crippen molar-refractivity contribution in [1.82, 2.24) is 0 Å². The van der Waals surface area contributed by atoms with Crippen LogP contribution in [0.4, 0.5) is 34.1 Å². The molecule has 5 aromatic rings. The second-order valence-corrected chi connectivity index (χ2v) is 11.8. The molecule has 0 N–H and O–H groups in total. The lowest BCUT2D eigenvalue weighted by molar-refractivity contribution is -0.653. The van der Waals surface area contributed by atoms with Crippen LogP contribution in [0.1, 0.15) is 31.9 Å². The molecule has 2 aliphatic heterocycles. The molecule has 0 radical (unpaired) electrons. The van der Waals surface area contributed by atoms with Crippen molar-refractivity contribution in [2.24, 2.45) is 7.05 Å². The number of hydrogen-bond donors (Lipinski definition) is 0. The van der Waals surface area contributed by atoms with E-state index in [-0.39, 0.29) is 12.1 Å². The molecule has 0 spiro atoms. The summed E-state index contributed by atoms with van der Waals surface area (Å²) in [6.45, 7) is 9.38. The molecule has 0 atom stereocenters. The number of fused-ring (bicyclic) bond motifs is 4. The number of benzene rings is 4. The van der Waals surface area contributed by atoms with Crippen LogP contribution in [0.25, 0.3) is 0 Å². The first-order chi connectivity index (χ1) is 18.9. The lowest BCUT2D eigenvalue weighted by atomic mass is 9.34. The minimum atomic E-state index is -0.0280. The Bertz CT molecular complexity index is 1720. The van der Waals surface area contributed by atoms with Crippen LogP contribution < -0.4 is 30.9 Å². The normalized spacial score (nSPS) is 13.6. The molecule has 190 valence electrons. The summed E-state index contributed by atoms with van der Waals surface area (Å²) in [7, 11) is 2.21. The molecule has 0 fully saturated rings. The summed E-state index contributed by atoms with van der Waals surface area (Å²) in [5.41, 5.74) is 14.2. The van der Waals surface area contributed by atoms with Crippen molar-refractivity contribution in [3.05, 3.63) is 120 Å². The largest absolute Gasteiger partial charge is 0.335 e. The van der Waals surface area contributed by atoms with Gasteiger partial charge in [0.1, 0.15) is 12.7 Å². The third-order valence-electron chi connectivity index (χ3n) is 8.34. The third-order valence-corrected chi connectivity index (χ3v) is 8.34. The van der Waals surface area contributed by atoms with Crippen LogP contribution >= 0.6 is 0 Å². The molecule has 0 unspecified atom stereocenters. The van der Waals surface area contributed by atoms with E-state index in [0.29, 0.717) is 0 Å². The molecule has 39 heavy (non-hydrogen) atoms. The fourth-order valence-electron chi connectivity index (χ4n) is 6.66. The molecule has 0 aliphatic carbocycles. The van der Waals surface area contributed by atoms with Gasteiger partial charge in [0.05, 0.1) is 0 Å². The van der Waals surface area contributed by atoms with Crippen molar-refractivity contribution < 1.29 is 4.57 Å². The maximum Gasteiger partial charge on any atom is 0.335 e. The highest BCUT2D eigenvalue weighted by molar-refractivity contribution is 6.99. The standard InChI is InChI=1S/C35H33BN3/c1-24-14-12-19-28-31(24)36-32-29(38(28)25-15-8-6-9-16-25)20-13-21-30(32)39(26-17-10-7-11-18-26)33-27(35(2,3)4)22-23-37(5)34(33)36/h6-23H,1-5H3/q+1. The molecule has 0 amide bonds. The summed E-state index contributed by atoms with van der Waals surface area (Å²) in [5.74, 6) is 0. The fourth-order valence-corrected chi connectivity index (χ4v) is 6.66. The molecule has 0 bridgehead atoms. The first-order valence-electron chi connectivity index (χ1n) is 13.8. The second-order valence-electron chi connectivity index (χ2n) is 11.8. The molecule has 4 aromatic carbocycles. The molecule has 7 rings (SSSR count). The smallest absolute Gasteiger partial charge is 0.311 e. The molecule has 0 saturated carbocycles. The van der Waals surface area contributed by atoms with Crippen LogP contribution in [0.15, 0.2) is 109 Å². The molecule has 0 saturated heterocycles. The lowest BCUT2D eigenvalue weighted by Gasteiger charge is -2.44. The summed E-state index contributed by atoms with van der Waals surface area (Å²) in [5, 5.41) is 0. The maximum absolute atomic E-state index is 2.51. The minimum absolute atomic E-state index is 0.0280. The third kappa shape index (κ3) is 3.47. The van der Waals surface area contributed by atoms with Gasteiger partial charge in [-0.1, -0.05) is 80.9 Å². The molecule has 3 heterocycles. The Hall–Kier alpha value is -4.31. The number of nitrogens with zero attached hydrogens (tertiary/aromatic N) is 3. The SMILES string of the molecule is Cc1cccc2c1B1c3c(cccc3N(c3ccccc3)c3c(C(C)(C)C)cc[n+](C)c31)N2c1ccccc1. The van der Waals surface area contributed by atoms with Gasteiger partial charge in [-0.25, -0.2) is 4.57 Å². The molecule has 3 nitrogen and oxygen atoms in total. The van der Waals surface area contributed by atoms with E-state index in [1.54, 1.807) is 0 Å². The zero-order valence-corrected chi connectivity index (χ0v) is 23.3. The number of aryl methyl sites for hydroxylation is 2. The van der Waals surface area contributed by atoms with Crippen LogP contribution in [0.2, 0.25) is 0 Å². The molecule has 2 aliphatic rings. The quantitative estimate of drug-likeness (QED) is 0.204. The average molecular weight is 506 g/mol. The van der Waals surface area contributed by atoms with Crippen molar-refractivity contribution >= 4 is 57.4 Å². The van der Waals surface area contributed by atoms with E-state index in [9.17, 15) is 0 Å². The molecule has 4 heteroatoms. The van der Waals surface area contributed by atoms with E-state index in [4.69, 9.17) is 0 Å². The lowest BCUT2D eigenvalue weighted by Crippen LogP contribution is -2.70. The minimum Gasteiger partial charge on any atom is -0.311 e. The number of hydrogen-bond acceptors (Lipinski definition) is 2. The average Bonchev–Trinajstić information content (AvgIpc) is 2.93. The van der Waals surface area contributed by atoms with E-state index in [1.807, 2.05) is 0 Å². The van der Waals surface area contributed by atoms with Gasteiger partial charge in [-0.15, -0.1) is 0 Å². The van der Waals surface area contributed by atoms with Gasteiger partial charge < -0.3 is 9.80 Å². The Morgan fingerprint density at radius 2 is 1.15 bits per heavy atom. The van der Waals surface area contributed by atoms with Crippen LogP contribution in [0, 0.1) is 6.92 Å². The summed E-state index contributed by atoms with van der Waals surface area (Å²) in [4.78, 5) is 4.97. The number of pyridine rings is 1. The Balaban J connectivity index is 1.65. The van der Waals surface area contributed by atoms with Crippen molar-refractivity contribution in [2.75, 3.05) is 9.80 Å². The van der Waals surface area contributed by atoms with Crippen molar-refractivity contribution in [1.29, 1.82) is 0 Å². The fraction of sp³-hybridized carbons (Fsp3) is 0.171. The molecular weight excluding hydrogens is 473 g/mol. The van der Waals surface area contributed by atoms with Gasteiger partial charge >= 0.3 is 6.71 Å². The number of rotatable bonds is 2. The van der Waals surface area contributed by atoms with Crippen LogP contribution in [-0.2, 0) is 12.5 Å². The zero-order valence-electron chi connectivity index (χ0n) is 23.3. The van der Waals surface area contributed by atoms with Crippen LogP contribution in [0.3, 0.4) is 0 Å². The highest BCUT2D eigenvalue weighted by atomic mass is 15.2. The van der Waals surface area contributed by atoms with Crippen molar-refractivity contribution in [3.63, 3.8) is 0 Å². The predicted octanol–water partition coefficient (Wildman–Crippen LogP) is 6.20. The van der Waals surface area contributed by atoms with Crippen molar-refractivity contribution in [2.45, 2.75) is 33.1 Å². The van der Waals surface area contributed by atoms with Crippen LogP contribution in [-0.4, -0.2) is 6.71 Å². The van der Waals surface area contributed by atoms with E-state index in [2.05, 4.69) is 158 Å². The Morgan fingerprint density at radius 1 is 0.615 bits per heavy atom. The first kappa shape index (κ1) is 23.8.